The highest BCUT2D eigenvalue weighted by molar-refractivity contribution is 5.89. The minimum atomic E-state index is -0.254. The number of likely N-dealkylation sites (tertiary alicyclic amines) is 1. The highest BCUT2D eigenvalue weighted by Crippen LogP contribution is 2.41. The quantitative estimate of drug-likeness (QED) is 0.871. The Morgan fingerprint density at radius 3 is 2.35 bits per heavy atom. The molecule has 2 fully saturated rings. The molecule has 2 amide bonds. The number of nitrogens with one attached hydrogen (secondary N) is 1. The van der Waals surface area contributed by atoms with E-state index in [-0.39, 0.29) is 23.8 Å². The van der Waals surface area contributed by atoms with Crippen LogP contribution in [-0.2, 0) is 16.1 Å². The molecule has 0 bridgehead atoms. The van der Waals surface area contributed by atoms with Gasteiger partial charge < -0.3 is 10.2 Å². The van der Waals surface area contributed by atoms with E-state index < -0.39 is 0 Å². The summed E-state index contributed by atoms with van der Waals surface area (Å²) in [6, 6.07) is 20.2. The summed E-state index contributed by atoms with van der Waals surface area (Å²) in [6.07, 6.45) is 2.62. The Kier molecular flexibility index (Phi) is 4.74. The molecular weight excluding hydrogens is 324 g/mol. The van der Waals surface area contributed by atoms with Gasteiger partial charge >= 0.3 is 0 Å². The third-order valence-corrected chi connectivity index (χ3v) is 5.35. The normalized spacial score (nSPS) is 20.8. The van der Waals surface area contributed by atoms with Gasteiger partial charge in [-0.05, 0) is 29.9 Å². The fraction of sp³-hybridized carbons (Fsp3) is 0.364. The fourth-order valence-electron chi connectivity index (χ4n) is 3.74. The van der Waals surface area contributed by atoms with Crippen LogP contribution in [0.2, 0.25) is 0 Å². The molecule has 0 spiro atoms. The number of rotatable bonds is 6. The summed E-state index contributed by atoms with van der Waals surface area (Å²) >= 11 is 0. The average molecular weight is 348 g/mol. The number of hydrogen-bond acceptors (Lipinski definition) is 2. The zero-order chi connectivity index (χ0) is 17.9. The SMILES string of the molecule is O=C(NC(c1ccccc1)C1CC1)C1CC(=O)N(Cc2ccccc2)C1. The van der Waals surface area contributed by atoms with Crippen LogP contribution < -0.4 is 5.32 Å². The number of carbonyl (C=O) groups is 2. The van der Waals surface area contributed by atoms with Gasteiger partial charge in [-0.25, -0.2) is 0 Å². The topological polar surface area (TPSA) is 49.4 Å². The van der Waals surface area contributed by atoms with Crippen LogP contribution >= 0.6 is 0 Å². The van der Waals surface area contributed by atoms with E-state index in [2.05, 4.69) is 17.4 Å². The molecule has 2 aromatic carbocycles. The molecule has 2 unspecified atom stereocenters. The van der Waals surface area contributed by atoms with Crippen molar-refractivity contribution in [2.24, 2.45) is 11.8 Å². The molecule has 4 nitrogen and oxygen atoms in total. The summed E-state index contributed by atoms with van der Waals surface area (Å²) < 4.78 is 0. The van der Waals surface area contributed by atoms with Gasteiger partial charge in [-0.15, -0.1) is 0 Å². The van der Waals surface area contributed by atoms with E-state index in [1.165, 1.54) is 0 Å². The first-order chi connectivity index (χ1) is 12.7. The molecule has 26 heavy (non-hydrogen) atoms. The summed E-state index contributed by atoms with van der Waals surface area (Å²) in [7, 11) is 0. The second-order valence-corrected chi connectivity index (χ2v) is 7.40. The monoisotopic (exact) mass is 348 g/mol. The second kappa shape index (κ2) is 7.32. The van der Waals surface area contributed by atoms with Crippen LogP contribution in [0.25, 0.3) is 0 Å². The molecule has 1 heterocycles. The number of hydrogen-bond donors (Lipinski definition) is 1. The Balaban J connectivity index is 1.39. The summed E-state index contributed by atoms with van der Waals surface area (Å²) in [5, 5.41) is 3.22. The van der Waals surface area contributed by atoms with Gasteiger partial charge in [0.15, 0.2) is 0 Å². The zero-order valence-corrected chi connectivity index (χ0v) is 14.8. The van der Waals surface area contributed by atoms with E-state index >= 15 is 0 Å². The number of carbonyl (C=O) groups excluding carboxylic acids is 2. The van der Waals surface area contributed by atoms with E-state index in [1.54, 1.807) is 4.90 Å². The van der Waals surface area contributed by atoms with Crippen LogP contribution in [0.1, 0.15) is 36.4 Å². The molecule has 0 aromatic heterocycles. The Labute approximate surface area is 154 Å². The lowest BCUT2D eigenvalue weighted by molar-refractivity contribution is -0.129. The van der Waals surface area contributed by atoms with Crippen molar-refractivity contribution >= 4 is 11.8 Å². The molecule has 1 saturated carbocycles. The highest BCUT2D eigenvalue weighted by atomic mass is 16.2. The predicted molar refractivity (Wildman–Crippen MR) is 100 cm³/mol. The van der Waals surface area contributed by atoms with Crippen LogP contribution in [0.5, 0.6) is 0 Å². The molecule has 134 valence electrons. The Morgan fingerprint density at radius 1 is 1.04 bits per heavy atom. The van der Waals surface area contributed by atoms with Gasteiger partial charge in [0, 0.05) is 19.5 Å². The summed E-state index contributed by atoms with van der Waals surface area (Å²) in [4.78, 5) is 27.0. The van der Waals surface area contributed by atoms with E-state index in [9.17, 15) is 9.59 Å². The first-order valence-electron chi connectivity index (χ1n) is 9.38. The van der Waals surface area contributed by atoms with Crippen LogP contribution in [-0.4, -0.2) is 23.3 Å². The minimum absolute atomic E-state index is 0.00895. The molecule has 1 aliphatic carbocycles. The lowest BCUT2D eigenvalue weighted by atomic mass is 10.0. The van der Waals surface area contributed by atoms with E-state index in [0.29, 0.717) is 25.4 Å². The predicted octanol–water partition coefficient (Wildman–Crippen LogP) is 3.30. The van der Waals surface area contributed by atoms with Crippen LogP contribution in [0, 0.1) is 11.8 Å². The molecule has 2 aromatic rings. The van der Waals surface area contributed by atoms with Crippen LogP contribution in [0.4, 0.5) is 0 Å². The lowest BCUT2D eigenvalue weighted by Gasteiger charge is -2.21. The molecule has 0 radical (unpaired) electrons. The zero-order valence-electron chi connectivity index (χ0n) is 14.8. The first-order valence-corrected chi connectivity index (χ1v) is 9.38. The van der Waals surface area contributed by atoms with Gasteiger partial charge in [-0.3, -0.25) is 9.59 Å². The van der Waals surface area contributed by atoms with Crippen LogP contribution in [0.15, 0.2) is 60.7 Å². The van der Waals surface area contributed by atoms with Gasteiger partial charge in [0.2, 0.25) is 11.8 Å². The van der Waals surface area contributed by atoms with Crippen molar-refractivity contribution in [2.75, 3.05) is 6.54 Å². The third-order valence-electron chi connectivity index (χ3n) is 5.35. The van der Waals surface area contributed by atoms with Crippen molar-refractivity contribution in [3.8, 4) is 0 Å². The molecule has 4 heteroatoms. The van der Waals surface area contributed by atoms with Crippen molar-refractivity contribution in [3.05, 3.63) is 71.8 Å². The van der Waals surface area contributed by atoms with Crippen molar-refractivity contribution < 1.29 is 9.59 Å². The molecule has 1 aliphatic heterocycles. The largest absolute Gasteiger partial charge is 0.349 e. The van der Waals surface area contributed by atoms with Gasteiger partial charge in [-0.1, -0.05) is 60.7 Å². The van der Waals surface area contributed by atoms with Crippen molar-refractivity contribution in [2.45, 2.75) is 31.8 Å². The van der Waals surface area contributed by atoms with Crippen molar-refractivity contribution in [1.29, 1.82) is 0 Å². The van der Waals surface area contributed by atoms with Crippen molar-refractivity contribution in [3.63, 3.8) is 0 Å². The van der Waals surface area contributed by atoms with E-state index in [4.69, 9.17) is 0 Å². The van der Waals surface area contributed by atoms with Gasteiger partial charge in [0.25, 0.3) is 0 Å². The molecule has 2 atom stereocenters. The van der Waals surface area contributed by atoms with E-state index in [0.717, 1.165) is 24.0 Å². The number of benzene rings is 2. The smallest absolute Gasteiger partial charge is 0.225 e. The highest BCUT2D eigenvalue weighted by Gasteiger charge is 2.38. The Bertz CT molecular complexity index is 771. The third kappa shape index (κ3) is 3.79. The Hall–Kier alpha value is -2.62. The standard InChI is InChI=1S/C22H24N2O2/c25-20-13-19(15-24(20)14-16-7-3-1-4-8-16)22(26)23-21(18-11-12-18)17-9-5-2-6-10-17/h1-10,18-19,21H,11-15H2,(H,23,26). The maximum atomic E-state index is 12.8. The maximum Gasteiger partial charge on any atom is 0.225 e. The van der Waals surface area contributed by atoms with Gasteiger partial charge in [0.1, 0.15) is 0 Å². The average Bonchev–Trinajstić information content (AvgIpc) is 3.45. The number of amides is 2. The maximum absolute atomic E-state index is 12.8. The number of nitrogens with zero attached hydrogens (tertiary/aromatic N) is 1. The molecular formula is C22H24N2O2. The fourth-order valence-corrected chi connectivity index (χ4v) is 3.74. The minimum Gasteiger partial charge on any atom is -0.349 e. The lowest BCUT2D eigenvalue weighted by Crippen LogP contribution is -2.36. The van der Waals surface area contributed by atoms with Crippen LogP contribution in [0.3, 0.4) is 0 Å². The summed E-state index contributed by atoms with van der Waals surface area (Å²) in [5.74, 6) is 0.349. The molecule has 2 aliphatic rings. The Morgan fingerprint density at radius 2 is 1.69 bits per heavy atom. The van der Waals surface area contributed by atoms with Gasteiger partial charge in [-0.2, -0.15) is 0 Å². The second-order valence-electron chi connectivity index (χ2n) is 7.40. The van der Waals surface area contributed by atoms with Crippen molar-refractivity contribution in [1.82, 2.24) is 10.2 Å². The molecule has 1 saturated heterocycles. The summed E-state index contributed by atoms with van der Waals surface area (Å²) in [5.41, 5.74) is 2.26. The van der Waals surface area contributed by atoms with Gasteiger partial charge in [0.05, 0.1) is 12.0 Å². The first kappa shape index (κ1) is 16.8. The van der Waals surface area contributed by atoms with E-state index in [1.807, 2.05) is 48.5 Å². The molecule has 4 rings (SSSR count). The molecule has 1 N–H and O–H groups in total. The summed E-state index contributed by atoms with van der Waals surface area (Å²) in [6.45, 7) is 1.08.